The Hall–Kier alpha value is -2.84. The number of fused-ring (bicyclic) bond motifs is 2. The average Bonchev–Trinajstić information content (AvgIpc) is 3.05. The van der Waals surface area contributed by atoms with Crippen molar-refractivity contribution in [1.29, 1.82) is 0 Å². The van der Waals surface area contributed by atoms with Gasteiger partial charge >= 0.3 is 0 Å². The third kappa shape index (κ3) is 1.55. The van der Waals surface area contributed by atoms with E-state index in [9.17, 15) is 0 Å². The Kier molecular flexibility index (Phi) is 2.04. The van der Waals surface area contributed by atoms with Crippen LogP contribution < -0.4 is 0 Å². The van der Waals surface area contributed by atoms with E-state index in [4.69, 9.17) is 0 Å². The van der Waals surface area contributed by atoms with Gasteiger partial charge in [-0.05, 0) is 36.4 Å². The molecule has 88 valence electrons. The lowest BCUT2D eigenvalue weighted by Gasteiger charge is -2.05. The normalized spacial score (nSPS) is 10.5. The highest BCUT2D eigenvalue weighted by Gasteiger charge is 2.02. The Morgan fingerprint density at radius 1 is 0.684 bits per heavy atom. The van der Waals surface area contributed by atoms with Crippen molar-refractivity contribution in [2.75, 3.05) is 0 Å². The summed E-state index contributed by atoms with van der Waals surface area (Å²) in [5, 5.41) is 2.17. The maximum absolute atomic E-state index is 3.15. The summed E-state index contributed by atoms with van der Waals surface area (Å²) >= 11 is 0. The van der Waals surface area contributed by atoms with E-state index in [0.717, 1.165) is 21.8 Å². The lowest BCUT2D eigenvalue weighted by atomic mass is 10.2. The summed E-state index contributed by atoms with van der Waals surface area (Å²) in [7, 11) is 0. The van der Waals surface area contributed by atoms with Gasteiger partial charge in [-0.25, -0.2) is 0 Å². The summed E-state index contributed by atoms with van der Waals surface area (Å²) in [5.74, 6) is 0. The van der Waals surface area contributed by atoms with Crippen LogP contribution >= 0.6 is 0 Å². The van der Waals surface area contributed by atoms with E-state index in [2.05, 4.69) is 36.7 Å². The van der Waals surface area contributed by atoms with E-state index in [1.54, 1.807) is 0 Å². The predicted octanol–water partition coefficient (Wildman–Crippen LogP) is 3.30. The molecule has 0 saturated heterocycles. The van der Waals surface area contributed by atoms with Crippen molar-refractivity contribution in [3.05, 3.63) is 73.1 Å². The third-order valence-electron chi connectivity index (χ3n) is 3.32. The molecule has 0 spiro atoms. The highest BCUT2D eigenvalue weighted by atomic mass is 15.1. The minimum atomic E-state index is 0.675. The van der Waals surface area contributed by atoms with Crippen LogP contribution in [0.25, 0.3) is 21.8 Å². The van der Waals surface area contributed by atoms with Crippen LogP contribution in [0.2, 0.25) is 0 Å². The SMILES string of the molecule is c1c2ccccc2n(Cn2c#cc3ccccc32)c#1. The second-order valence-electron chi connectivity index (χ2n) is 4.51. The molecule has 0 aliphatic carbocycles. The molecule has 0 unspecified atom stereocenters. The zero-order valence-corrected chi connectivity index (χ0v) is 10.2. The molecule has 4 rings (SSSR count). The summed E-state index contributed by atoms with van der Waals surface area (Å²) in [6.45, 7) is 0.675. The van der Waals surface area contributed by atoms with Crippen LogP contribution in [0.5, 0.6) is 0 Å². The summed E-state index contributed by atoms with van der Waals surface area (Å²) in [6.07, 6.45) is 6.31. The quantitative estimate of drug-likeness (QED) is 0.510. The maximum Gasteiger partial charge on any atom is 0.115 e. The smallest absolute Gasteiger partial charge is 0.115 e. The molecule has 0 atom stereocenters. The Morgan fingerprint density at radius 3 is 1.68 bits per heavy atom. The Morgan fingerprint density at radius 2 is 1.16 bits per heavy atom. The molecule has 0 radical (unpaired) electrons. The van der Waals surface area contributed by atoms with E-state index in [-0.39, 0.29) is 0 Å². The summed E-state index contributed by atoms with van der Waals surface area (Å²) in [5.41, 5.74) is 2.27. The minimum absolute atomic E-state index is 0.675. The van der Waals surface area contributed by atoms with E-state index in [1.165, 1.54) is 0 Å². The summed E-state index contributed by atoms with van der Waals surface area (Å²) in [6, 6.07) is 22.7. The van der Waals surface area contributed by atoms with Gasteiger partial charge in [-0.3, -0.25) is 9.13 Å². The van der Waals surface area contributed by atoms with Crippen LogP contribution in [-0.4, -0.2) is 9.13 Å². The first-order chi connectivity index (χ1) is 9.42. The number of hydrogen-bond acceptors (Lipinski definition) is 0. The van der Waals surface area contributed by atoms with Crippen molar-refractivity contribution in [2.45, 2.75) is 6.67 Å². The lowest BCUT2D eigenvalue weighted by molar-refractivity contribution is 0.647. The molecule has 2 heterocycles. The molecule has 0 N–H and O–H groups in total. The van der Waals surface area contributed by atoms with E-state index < -0.39 is 0 Å². The molecule has 0 bridgehead atoms. The molecule has 0 amide bonds. The van der Waals surface area contributed by atoms with Gasteiger partial charge in [0.05, 0.1) is 21.8 Å². The molecule has 19 heavy (non-hydrogen) atoms. The van der Waals surface area contributed by atoms with Crippen LogP contribution in [0.15, 0.2) is 48.5 Å². The van der Waals surface area contributed by atoms with Gasteiger partial charge in [0.25, 0.3) is 0 Å². The van der Waals surface area contributed by atoms with Gasteiger partial charge in [0, 0.05) is 12.4 Å². The number of nitrogens with zero attached hydrogens (tertiary/aromatic N) is 2. The molecule has 2 nitrogen and oxygen atoms in total. The summed E-state index contributed by atoms with van der Waals surface area (Å²) in [4.78, 5) is 0. The molecule has 0 saturated carbocycles. The van der Waals surface area contributed by atoms with E-state index in [1.807, 2.05) is 45.5 Å². The van der Waals surface area contributed by atoms with E-state index >= 15 is 0 Å². The average molecular weight is 242 g/mol. The molecular weight excluding hydrogens is 232 g/mol. The highest BCUT2D eigenvalue weighted by Crippen LogP contribution is 2.14. The Labute approximate surface area is 111 Å². The zero-order valence-electron chi connectivity index (χ0n) is 10.2. The molecule has 4 aromatic rings. The standard InChI is InChI=1S/C17H10N2/c1-3-7-16-14(5-1)9-11-18(16)13-19-12-10-15-6-2-4-8-17(15)19/h1-8H,13H2. The van der Waals surface area contributed by atoms with Crippen molar-refractivity contribution in [3.8, 4) is 0 Å². The van der Waals surface area contributed by atoms with Crippen LogP contribution in [0.3, 0.4) is 0 Å². The van der Waals surface area contributed by atoms with Crippen LogP contribution in [0.1, 0.15) is 0 Å². The van der Waals surface area contributed by atoms with Crippen molar-refractivity contribution in [1.82, 2.24) is 9.13 Å². The lowest BCUT2D eigenvalue weighted by Crippen LogP contribution is -2.05. The van der Waals surface area contributed by atoms with Gasteiger partial charge in [0.2, 0.25) is 0 Å². The monoisotopic (exact) mass is 242 g/mol. The molecule has 2 aromatic heterocycles. The van der Waals surface area contributed by atoms with Crippen LogP contribution in [0, 0.1) is 24.5 Å². The number of para-hydroxylation sites is 2. The molecule has 0 aliphatic rings. The number of aromatic nitrogens is 2. The first-order valence-corrected chi connectivity index (χ1v) is 6.18. The zero-order chi connectivity index (χ0) is 12.7. The van der Waals surface area contributed by atoms with Gasteiger partial charge in [-0.1, -0.05) is 24.3 Å². The van der Waals surface area contributed by atoms with Gasteiger partial charge < -0.3 is 0 Å². The Bertz CT molecular complexity index is 780. The highest BCUT2D eigenvalue weighted by molar-refractivity contribution is 5.79. The van der Waals surface area contributed by atoms with Crippen LogP contribution in [0.4, 0.5) is 0 Å². The van der Waals surface area contributed by atoms with Crippen molar-refractivity contribution in [2.24, 2.45) is 0 Å². The van der Waals surface area contributed by atoms with Gasteiger partial charge in [-0.2, -0.15) is 0 Å². The van der Waals surface area contributed by atoms with E-state index in [0.29, 0.717) is 6.67 Å². The molecule has 0 fully saturated rings. The van der Waals surface area contributed by atoms with Crippen LogP contribution in [-0.2, 0) is 6.67 Å². The summed E-state index contributed by atoms with van der Waals surface area (Å²) < 4.78 is 4.10. The molecular formula is C17H10N2. The second kappa shape index (κ2) is 3.83. The number of benzene rings is 2. The van der Waals surface area contributed by atoms with Gasteiger partial charge in [-0.15, -0.1) is 0 Å². The largest absolute Gasteiger partial charge is 0.280 e. The molecule has 2 aromatic carbocycles. The van der Waals surface area contributed by atoms with Crippen molar-refractivity contribution >= 4 is 21.8 Å². The fraction of sp³-hybridized carbons (Fsp3) is 0.0588. The van der Waals surface area contributed by atoms with Gasteiger partial charge in [0.15, 0.2) is 0 Å². The third-order valence-corrected chi connectivity index (χ3v) is 3.32. The molecule has 2 heteroatoms. The van der Waals surface area contributed by atoms with Crippen molar-refractivity contribution in [3.63, 3.8) is 0 Å². The minimum Gasteiger partial charge on any atom is -0.280 e. The first kappa shape index (κ1) is 10.1. The van der Waals surface area contributed by atoms with Gasteiger partial charge in [0.1, 0.15) is 6.67 Å². The molecule has 0 aliphatic heterocycles. The fourth-order valence-corrected chi connectivity index (χ4v) is 2.37. The van der Waals surface area contributed by atoms with Crippen molar-refractivity contribution < 1.29 is 0 Å². The maximum atomic E-state index is 3.15. The number of rotatable bonds is 2. The topological polar surface area (TPSA) is 9.86 Å². The number of hydrogen-bond donors (Lipinski definition) is 0. The first-order valence-electron chi connectivity index (χ1n) is 6.18. The second-order valence-corrected chi connectivity index (χ2v) is 4.51. The fourth-order valence-electron chi connectivity index (χ4n) is 2.37. The predicted molar refractivity (Wildman–Crippen MR) is 74.6 cm³/mol. The Balaban J connectivity index is 1.82.